The highest BCUT2D eigenvalue weighted by Crippen LogP contribution is 2.28. The zero-order valence-electron chi connectivity index (χ0n) is 10.8. The van der Waals surface area contributed by atoms with Gasteiger partial charge < -0.3 is 10.6 Å². The Bertz CT molecular complexity index is 488. The summed E-state index contributed by atoms with van der Waals surface area (Å²) in [5.41, 5.74) is 4.43. The van der Waals surface area contributed by atoms with E-state index in [0.29, 0.717) is 25.7 Å². The van der Waals surface area contributed by atoms with Gasteiger partial charge in [0.1, 0.15) is 5.69 Å². The van der Waals surface area contributed by atoms with Gasteiger partial charge in [0.2, 0.25) is 0 Å². The summed E-state index contributed by atoms with van der Waals surface area (Å²) in [5.74, 6) is -0.447. The van der Waals surface area contributed by atoms with Crippen molar-refractivity contribution in [1.82, 2.24) is 9.88 Å². The fraction of sp³-hybridized carbons (Fsp3) is 0.417. The molecule has 0 saturated heterocycles. The predicted octanol–water partition coefficient (Wildman–Crippen LogP) is 2.24. The van der Waals surface area contributed by atoms with Gasteiger partial charge in [-0.1, -0.05) is 12.2 Å². The predicted molar refractivity (Wildman–Crippen MR) is 72.2 cm³/mol. The molecule has 1 heterocycles. The summed E-state index contributed by atoms with van der Waals surface area (Å²) in [6, 6.07) is 1.90. The van der Waals surface area contributed by atoms with Crippen LogP contribution in [0.3, 0.4) is 0 Å². The van der Waals surface area contributed by atoms with Crippen LogP contribution in [0, 0.1) is 0 Å². The standard InChI is InChI=1S/C12H14F3N3OS/c1-2-18(6-5-10(16)20)11(19)9-4-3-8(7-17-9)12(13,14)15/h3-4,7H,2,5-6H2,1H3,(H2,16,20). The molecular formula is C12H14F3N3OS. The van der Waals surface area contributed by atoms with E-state index < -0.39 is 17.6 Å². The van der Waals surface area contributed by atoms with Crippen LogP contribution in [0.5, 0.6) is 0 Å². The third kappa shape index (κ3) is 4.44. The zero-order valence-corrected chi connectivity index (χ0v) is 11.6. The SMILES string of the molecule is CCN(CCC(N)=S)C(=O)c1ccc(C(F)(F)F)cn1. The Hall–Kier alpha value is -1.70. The molecule has 0 radical (unpaired) electrons. The average molecular weight is 305 g/mol. The Morgan fingerprint density at radius 3 is 2.50 bits per heavy atom. The average Bonchev–Trinajstić information content (AvgIpc) is 2.38. The first-order valence-electron chi connectivity index (χ1n) is 5.86. The fourth-order valence-electron chi connectivity index (χ4n) is 1.50. The molecule has 0 unspecified atom stereocenters. The first kappa shape index (κ1) is 16.4. The second-order valence-electron chi connectivity index (χ2n) is 4.03. The number of halogens is 3. The summed E-state index contributed by atoms with van der Waals surface area (Å²) in [6.07, 6.45) is -3.46. The van der Waals surface area contributed by atoms with E-state index in [1.54, 1.807) is 6.92 Å². The Morgan fingerprint density at radius 1 is 1.45 bits per heavy atom. The van der Waals surface area contributed by atoms with Crippen molar-refractivity contribution in [3.63, 3.8) is 0 Å². The lowest BCUT2D eigenvalue weighted by Crippen LogP contribution is -2.34. The maximum atomic E-state index is 12.4. The second-order valence-corrected chi connectivity index (χ2v) is 4.56. The lowest BCUT2D eigenvalue weighted by molar-refractivity contribution is -0.137. The van der Waals surface area contributed by atoms with Crippen molar-refractivity contribution >= 4 is 23.1 Å². The molecule has 0 aromatic carbocycles. The minimum absolute atomic E-state index is 0.0391. The van der Waals surface area contributed by atoms with E-state index in [1.807, 2.05) is 0 Å². The van der Waals surface area contributed by atoms with Gasteiger partial charge in [-0.05, 0) is 19.1 Å². The quantitative estimate of drug-likeness (QED) is 0.848. The Labute approximate surface area is 119 Å². The molecule has 110 valence electrons. The largest absolute Gasteiger partial charge is 0.417 e. The molecule has 0 bridgehead atoms. The molecule has 0 saturated carbocycles. The van der Waals surface area contributed by atoms with E-state index in [9.17, 15) is 18.0 Å². The van der Waals surface area contributed by atoms with Crippen LogP contribution in [0.4, 0.5) is 13.2 Å². The fourth-order valence-corrected chi connectivity index (χ4v) is 1.59. The summed E-state index contributed by atoms with van der Waals surface area (Å²) in [4.78, 5) is 17.3. The highest BCUT2D eigenvalue weighted by Gasteiger charge is 2.31. The van der Waals surface area contributed by atoms with E-state index in [0.717, 1.165) is 12.1 Å². The van der Waals surface area contributed by atoms with Gasteiger partial charge in [-0.2, -0.15) is 13.2 Å². The number of carbonyl (C=O) groups is 1. The number of nitrogens with zero attached hydrogens (tertiary/aromatic N) is 2. The van der Waals surface area contributed by atoms with Crippen molar-refractivity contribution in [1.29, 1.82) is 0 Å². The summed E-state index contributed by atoms with van der Waals surface area (Å²) in [5, 5.41) is 0. The first-order valence-corrected chi connectivity index (χ1v) is 6.27. The molecule has 20 heavy (non-hydrogen) atoms. The van der Waals surface area contributed by atoms with Gasteiger partial charge >= 0.3 is 6.18 Å². The number of rotatable bonds is 5. The monoisotopic (exact) mass is 305 g/mol. The zero-order chi connectivity index (χ0) is 15.3. The molecule has 1 rings (SSSR count). The number of pyridine rings is 1. The number of thiocarbonyl (C=S) groups is 1. The Kier molecular flexibility index (Phi) is 5.43. The van der Waals surface area contributed by atoms with E-state index in [4.69, 9.17) is 18.0 Å². The molecule has 0 aliphatic heterocycles. The van der Waals surface area contributed by atoms with Crippen molar-refractivity contribution in [3.05, 3.63) is 29.6 Å². The summed E-state index contributed by atoms with van der Waals surface area (Å²) in [7, 11) is 0. The van der Waals surface area contributed by atoms with E-state index >= 15 is 0 Å². The number of amides is 1. The third-order valence-corrected chi connectivity index (χ3v) is 2.81. The van der Waals surface area contributed by atoms with Crippen LogP contribution in [-0.2, 0) is 6.18 Å². The van der Waals surface area contributed by atoms with Crippen molar-refractivity contribution in [3.8, 4) is 0 Å². The lowest BCUT2D eigenvalue weighted by atomic mass is 10.2. The Morgan fingerprint density at radius 2 is 2.10 bits per heavy atom. The third-order valence-electron chi connectivity index (χ3n) is 2.61. The lowest BCUT2D eigenvalue weighted by Gasteiger charge is -2.20. The van der Waals surface area contributed by atoms with Crippen LogP contribution in [0.2, 0.25) is 0 Å². The van der Waals surface area contributed by atoms with Crippen molar-refractivity contribution in [2.45, 2.75) is 19.5 Å². The molecule has 2 N–H and O–H groups in total. The van der Waals surface area contributed by atoms with E-state index in [1.165, 1.54) is 4.90 Å². The Balaban J connectivity index is 2.82. The molecule has 8 heteroatoms. The molecule has 0 aliphatic rings. The van der Waals surface area contributed by atoms with Gasteiger partial charge in [-0.15, -0.1) is 0 Å². The summed E-state index contributed by atoms with van der Waals surface area (Å²) >= 11 is 4.72. The molecule has 0 spiro atoms. The van der Waals surface area contributed by atoms with Crippen molar-refractivity contribution in [2.75, 3.05) is 13.1 Å². The molecule has 1 amide bonds. The maximum Gasteiger partial charge on any atom is 0.417 e. The molecule has 1 aromatic rings. The molecular weight excluding hydrogens is 291 g/mol. The van der Waals surface area contributed by atoms with Crippen LogP contribution in [0.15, 0.2) is 18.3 Å². The second kappa shape index (κ2) is 6.65. The van der Waals surface area contributed by atoms with Gasteiger partial charge in [-0.25, -0.2) is 0 Å². The highest BCUT2D eigenvalue weighted by molar-refractivity contribution is 7.80. The van der Waals surface area contributed by atoms with Gasteiger partial charge in [0.25, 0.3) is 5.91 Å². The minimum atomic E-state index is -4.47. The minimum Gasteiger partial charge on any atom is -0.393 e. The van der Waals surface area contributed by atoms with E-state index in [2.05, 4.69) is 4.98 Å². The van der Waals surface area contributed by atoms with Crippen molar-refractivity contribution in [2.24, 2.45) is 5.73 Å². The number of alkyl halides is 3. The molecule has 1 aromatic heterocycles. The van der Waals surface area contributed by atoms with Gasteiger partial charge in [0, 0.05) is 25.7 Å². The number of nitrogens with two attached hydrogens (primary N) is 1. The molecule has 0 atom stereocenters. The number of hydrogen-bond donors (Lipinski definition) is 1. The van der Waals surface area contributed by atoms with E-state index in [-0.39, 0.29) is 10.7 Å². The summed E-state index contributed by atoms with van der Waals surface area (Å²) < 4.78 is 37.2. The van der Waals surface area contributed by atoms with Crippen LogP contribution in [0.1, 0.15) is 29.4 Å². The smallest absolute Gasteiger partial charge is 0.393 e. The van der Waals surface area contributed by atoms with Crippen LogP contribution < -0.4 is 5.73 Å². The van der Waals surface area contributed by atoms with Gasteiger partial charge in [0.15, 0.2) is 0 Å². The number of hydrogen-bond acceptors (Lipinski definition) is 3. The van der Waals surface area contributed by atoms with Gasteiger partial charge in [0.05, 0.1) is 10.6 Å². The van der Waals surface area contributed by atoms with Gasteiger partial charge in [-0.3, -0.25) is 9.78 Å². The maximum absolute atomic E-state index is 12.4. The normalized spacial score (nSPS) is 11.2. The molecule has 4 nitrogen and oxygen atoms in total. The van der Waals surface area contributed by atoms with Crippen LogP contribution in [-0.4, -0.2) is 33.9 Å². The summed E-state index contributed by atoms with van der Waals surface area (Å²) in [6.45, 7) is 2.46. The van der Waals surface area contributed by atoms with Crippen LogP contribution >= 0.6 is 12.2 Å². The topological polar surface area (TPSA) is 59.2 Å². The first-order chi connectivity index (χ1) is 9.25. The molecule has 0 aliphatic carbocycles. The number of aromatic nitrogens is 1. The number of carbonyl (C=O) groups excluding carboxylic acids is 1. The van der Waals surface area contributed by atoms with Crippen LogP contribution in [0.25, 0.3) is 0 Å². The highest BCUT2D eigenvalue weighted by atomic mass is 32.1. The molecule has 0 fully saturated rings. The van der Waals surface area contributed by atoms with Crippen molar-refractivity contribution < 1.29 is 18.0 Å².